The molecule has 28 heavy (non-hydrogen) atoms. The monoisotopic (exact) mass is 380 g/mol. The number of nitrogens with one attached hydrogen (secondary N) is 2. The number of ether oxygens (including phenoxy) is 1. The number of pyridine rings is 1. The standard InChI is InChI=1S/C20H20N4O4/c1-28-13-7-5-12(6-8-13)18(25)15-10-9-14-17(20(27)22-19(14)26)24(15)23-16-4-2-3-11-21-16/h2-11,14-15,17-18,25H,1H3,(H,21,23)(H,22,26,27). The van der Waals surface area contributed by atoms with Gasteiger partial charge < -0.3 is 15.3 Å². The van der Waals surface area contributed by atoms with E-state index in [1.165, 1.54) is 0 Å². The molecule has 8 nitrogen and oxygen atoms in total. The van der Waals surface area contributed by atoms with Gasteiger partial charge in [-0.3, -0.25) is 14.9 Å². The summed E-state index contributed by atoms with van der Waals surface area (Å²) >= 11 is 0. The number of nitrogens with zero attached hydrogens (tertiary/aromatic N) is 2. The minimum atomic E-state index is -0.942. The van der Waals surface area contributed by atoms with Crippen LogP contribution in [0.3, 0.4) is 0 Å². The molecule has 0 radical (unpaired) electrons. The molecule has 1 aromatic heterocycles. The van der Waals surface area contributed by atoms with Crippen LogP contribution in [-0.4, -0.2) is 46.1 Å². The molecule has 2 aromatic rings. The van der Waals surface area contributed by atoms with Crippen molar-refractivity contribution in [2.75, 3.05) is 12.5 Å². The third-order valence-corrected chi connectivity index (χ3v) is 4.98. The fraction of sp³-hybridized carbons (Fsp3) is 0.250. The second kappa shape index (κ2) is 7.41. The lowest BCUT2D eigenvalue weighted by molar-refractivity contribution is -0.126. The minimum Gasteiger partial charge on any atom is -0.497 e. The van der Waals surface area contributed by atoms with Crippen LogP contribution in [0, 0.1) is 5.92 Å². The van der Waals surface area contributed by atoms with Gasteiger partial charge in [0.2, 0.25) is 11.8 Å². The number of aliphatic hydroxyl groups is 1. The fourth-order valence-corrected chi connectivity index (χ4v) is 3.55. The van der Waals surface area contributed by atoms with Gasteiger partial charge in [0, 0.05) is 6.20 Å². The van der Waals surface area contributed by atoms with Crippen molar-refractivity contribution in [1.82, 2.24) is 15.3 Å². The summed E-state index contributed by atoms with van der Waals surface area (Å²) in [5.41, 5.74) is 3.76. The highest BCUT2D eigenvalue weighted by molar-refractivity contribution is 6.08. The zero-order valence-electron chi connectivity index (χ0n) is 15.1. The van der Waals surface area contributed by atoms with Gasteiger partial charge in [0.15, 0.2) is 0 Å². The number of carbonyl (C=O) groups is 2. The predicted molar refractivity (Wildman–Crippen MR) is 101 cm³/mol. The number of aliphatic hydroxyl groups excluding tert-OH is 1. The maximum Gasteiger partial charge on any atom is 0.246 e. The molecule has 3 heterocycles. The van der Waals surface area contributed by atoms with Crippen LogP contribution in [0.4, 0.5) is 5.82 Å². The van der Waals surface area contributed by atoms with Crippen LogP contribution in [-0.2, 0) is 9.59 Å². The molecule has 2 amide bonds. The lowest BCUT2D eigenvalue weighted by atomic mass is 9.90. The third-order valence-electron chi connectivity index (χ3n) is 4.98. The van der Waals surface area contributed by atoms with Crippen molar-refractivity contribution < 1.29 is 19.4 Å². The Labute approximate surface area is 161 Å². The first kappa shape index (κ1) is 18.1. The molecule has 3 N–H and O–H groups in total. The van der Waals surface area contributed by atoms with Crippen molar-refractivity contribution in [3.05, 3.63) is 66.4 Å². The smallest absolute Gasteiger partial charge is 0.246 e. The van der Waals surface area contributed by atoms with Crippen molar-refractivity contribution in [3.63, 3.8) is 0 Å². The van der Waals surface area contributed by atoms with Crippen molar-refractivity contribution >= 4 is 17.6 Å². The number of methoxy groups -OCH3 is 1. The van der Waals surface area contributed by atoms with E-state index in [1.807, 2.05) is 0 Å². The van der Waals surface area contributed by atoms with E-state index in [-0.39, 0.29) is 5.91 Å². The number of benzene rings is 1. The number of carbonyl (C=O) groups excluding carboxylic acids is 2. The molecule has 8 heteroatoms. The number of imide groups is 1. The van der Waals surface area contributed by atoms with E-state index in [4.69, 9.17) is 4.74 Å². The SMILES string of the molecule is COc1ccc(C(O)C2C=CC3C(=O)NC(=O)C3N2Nc2ccccn2)cc1. The van der Waals surface area contributed by atoms with Gasteiger partial charge >= 0.3 is 0 Å². The average molecular weight is 380 g/mol. The number of anilines is 1. The number of hydrazine groups is 1. The van der Waals surface area contributed by atoms with Crippen molar-refractivity contribution in [2.24, 2.45) is 5.92 Å². The van der Waals surface area contributed by atoms with Crippen molar-refractivity contribution in [2.45, 2.75) is 18.2 Å². The van der Waals surface area contributed by atoms with Crippen LogP contribution in [0.15, 0.2) is 60.8 Å². The number of fused-ring (bicyclic) bond motifs is 1. The van der Waals surface area contributed by atoms with E-state index in [1.54, 1.807) is 72.9 Å². The van der Waals surface area contributed by atoms with Crippen molar-refractivity contribution in [3.8, 4) is 5.75 Å². The van der Waals surface area contributed by atoms with E-state index >= 15 is 0 Å². The zero-order chi connectivity index (χ0) is 19.7. The highest BCUT2D eigenvalue weighted by Crippen LogP contribution is 2.33. The molecule has 4 atom stereocenters. The maximum atomic E-state index is 12.4. The first-order valence-electron chi connectivity index (χ1n) is 8.89. The third kappa shape index (κ3) is 3.23. The van der Waals surface area contributed by atoms with Crippen LogP contribution in [0.25, 0.3) is 0 Å². The van der Waals surface area contributed by atoms with Gasteiger partial charge in [-0.15, -0.1) is 0 Å². The van der Waals surface area contributed by atoms with Crippen LogP contribution < -0.4 is 15.5 Å². The van der Waals surface area contributed by atoms with Gasteiger partial charge in [-0.2, -0.15) is 5.01 Å². The Hall–Kier alpha value is -3.23. The number of hydrogen-bond donors (Lipinski definition) is 3. The molecule has 0 bridgehead atoms. The first-order valence-corrected chi connectivity index (χ1v) is 8.89. The lowest BCUT2D eigenvalue weighted by Crippen LogP contribution is -2.55. The average Bonchev–Trinajstić information content (AvgIpc) is 3.02. The summed E-state index contributed by atoms with van der Waals surface area (Å²) in [4.78, 5) is 28.8. The fourth-order valence-electron chi connectivity index (χ4n) is 3.55. The summed E-state index contributed by atoms with van der Waals surface area (Å²) in [5.74, 6) is -0.190. The van der Waals surface area contributed by atoms with Gasteiger partial charge in [0.05, 0.1) is 25.2 Å². The van der Waals surface area contributed by atoms with E-state index in [0.29, 0.717) is 17.1 Å². The second-order valence-electron chi connectivity index (χ2n) is 6.65. The lowest BCUT2D eigenvalue weighted by Gasteiger charge is -2.40. The molecule has 2 aliphatic rings. The summed E-state index contributed by atoms with van der Waals surface area (Å²) in [6, 6.07) is 11.0. The largest absolute Gasteiger partial charge is 0.497 e. The second-order valence-corrected chi connectivity index (χ2v) is 6.65. The number of rotatable bonds is 5. The Morgan fingerprint density at radius 3 is 2.61 bits per heavy atom. The predicted octanol–water partition coefficient (Wildman–Crippen LogP) is 1.03. The number of aromatic nitrogens is 1. The molecule has 144 valence electrons. The Morgan fingerprint density at radius 2 is 1.93 bits per heavy atom. The zero-order valence-corrected chi connectivity index (χ0v) is 15.1. The summed E-state index contributed by atoms with van der Waals surface area (Å²) in [6.45, 7) is 0. The van der Waals surface area contributed by atoms with Gasteiger partial charge in [-0.1, -0.05) is 30.4 Å². The van der Waals surface area contributed by atoms with Crippen LogP contribution in [0.5, 0.6) is 5.75 Å². The topological polar surface area (TPSA) is 104 Å². The molecule has 1 saturated heterocycles. The molecule has 0 aliphatic carbocycles. The highest BCUT2D eigenvalue weighted by atomic mass is 16.5. The van der Waals surface area contributed by atoms with Gasteiger partial charge in [-0.05, 0) is 29.8 Å². The normalized spacial score (nSPS) is 25.1. The highest BCUT2D eigenvalue weighted by Gasteiger charge is 2.49. The molecule has 4 unspecified atom stereocenters. The summed E-state index contributed by atoms with van der Waals surface area (Å²) in [6.07, 6.45) is 4.10. The van der Waals surface area contributed by atoms with Crippen LogP contribution >= 0.6 is 0 Å². The molecule has 1 fully saturated rings. The summed E-state index contributed by atoms with van der Waals surface area (Å²) < 4.78 is 5.16. The molecular weight excluding hydrogens is 360 g/mol. The van der Waals surface area contributed by atoms with Gasteiger partial charge in [-0.25, -0.2) is 4.98 Å². The summed E-state index contributed by atoms with van der Waals surface area (Å²) in [5, 5.41) is 15.0. The molecule has 4 rings (SSSR count). The van der Waals surface area contributed by atoms with E-state index in [0.717, 1.165) is 0 Å². The minimum absolute atomic E-state index is 0.351. The van der Waals surface area contributed by atoms with Gasteiger partial charge in [0.25, 0.3) is 0 Å². The quantitative estimate of drug-likeness (QED) is 0.526. The van der Waals surface area contributed by atoms with E-state index in [2.05, 4.69) is 15.7 Å². The van der Waals surface area contributed by atoms with E-state index in [9.17, 15) is 14.7 Å². The van der Waals surface area contributed by atoms with Gasteiger partial charge in [0.1, 0.15) is 17.6 Å². The Morgan fingerprint density at radius 1 is 1.14 bits per heavy atom. The molecule has 0 spiro atoms. The Bertz CT molecular complexity index is 900. The molecule has 1 aromatic carbocycles. The Kier molecular flexibility index (Phi) is 4.81. The first-order chi connectivity index (χ1) is 13.6. The van der Waals surface area contributed by atoms with Crippen LogP contribution in [0.1, 0.15) is 11.7 Å². The maximum absolute atomic E-state index is 12.4. The Balaban J connectivity index is 1.68. The molecular formula is C20H20N4O4. The van der Waals surface area contributed by atoms with Crippen molar-refractivity contribution in [1.29, 1.82) is 0 Å². The van der Waals surface area contributed by atoms with Crippen LogP contribution in [0.2, 0.25) is 0 Å². The number of hydrogen-bond acceptors (Lipinski definition) is 7. The number of amides is 2. The molecule has 2 aliphatic heterocycles. The summed E-state index contributed by atoms with van der Waals surface area (Å²) in [7, 11) is 1.57. The van der Waals surface area contributed by atoms with E-state index < -0.39 is 30.0 Å². The molecule has 0 saturated carbocycles.